The molecule has 0 unspecified atom stereocenters. The van der Waals surface area contributed by atoms with Crippen LogP contribution in [0.1, 0.15) is 39.8 Å². The fourth-order valence-corrected chi connectivity index (χ4v) is 1.54. The molecule has 4 nitrogen and oxygen atoms in total. The van der Waals surface area contributed by atoms with Gasteiger partial charge in [-0.2, -0.15) is 5.10 Å². The maximum absolute atomic E-state index is 11.2. The summed E-state index contributed by atoms with van der Waals surface area (Å²) in [6.07, 6.45) is 0.411. The lowest BCUT2D eigenvalue weighted by Gasteiger charge is -2.16. The lowest BCUT2D eigenvalue weighted by Crippen LogP contribution is -2.13. The molecule has 0 fully saturated rings. The number of anilines is 1. The molecule has 0 saturated carbocycles. The van der Waals surface area contributed by atoms with Crippen molar-refractivity contribution >= 4 is 23.3 Å². The Hall–Kier alpha value is -1.03. The van der Waals surface area contributed by atoms with Crippen molar-refractivity contribution in [3.05, 3.63) is 10.7 Å². The molecule has 0 aliphatic carbocycles. The largest absolute Gasteiger partial charge is 0.308 e. The molecule has 2 N–H and O–H groups in total. The smallest absolute Gasteiger partial charge is 0.225 e. The van der Waals surface area contributed by atoms with Crippen LogP contribution in [-0.4, -0.2) is 16.1 Å². The highest BCUT2D eigenvalue weighted by Gasteiger charge is 2.23. The van der Waals surface area contributed by atoms with E-state index in [0.717, 1.165) is 5.69 Å². The minimum Gasteiger partial charge on any atom is -0.308 e. The quantitative estimate of drug-likeness (QED) is 0.819. The van der Waals surface area contributed by atoms with Crippen LogP contribution in [0, 0.1) is 0 Å². The first-order valence-corrected chi connectivity index (χ1v) is 5.28. The molecular weight excluding hydrogens is 214 g/mol. The van der Waals surface area contributed by atoms with Crippen molar-refractivity contribution in [2.75, 3.05) is 5.32 Å². The van der Waals surface area contributed by atoms with E-state index in [4.69, 9.17) is 11.6 Å². The average Bonchev–Trinajstić information content (AvgIpc) is 2.47. The molecule has 1 aromatic rings. The van der Waals surface area contributed by atoms with Crippen molar-refractivity contribution in [1.29, 1.82) is 0 Å². The standard InChI is InChI=1S/C10H16ClN3O/c1-5-6(15)12-9-7(11)8(13-14-9)10(2,3)4/h5H2,1-4H3,(H2,12,13,14,15). The Morgan fingerprint density at radius 2 is 2.13 bits per heavy atom. The average molecular weight is 230 g/mol. The molecule has 0 aliphatic heterocycles. The lowest BCUT2D eigenvalue weighted by atomic mass is 9.92. The highest BCUT2D eigenvalue weighted by atomic mass is 35.5. The molecule has 1 rings (SSSR count). The molecule has 0 bridgehead atoms. The van der Waals surface area contributed by atoms with E-state index in [1.165, 1.54) is 0 Å². The van der Waals surface area contributed by atoms with Crippen LogP contribution in [0.25, 0.3) is 0 Å². The van der Waals surface area contributed by atoms with Crippen molar-refractivity contribution in [3.63, 3.8) is 0 Å². The van der Waals surface area contributed by atoms with Gasteiger partial charge in [0, 0.05) is 11.8 Å². The Kier molecular flexibility index (Phi) is 3.39. The zero-order valence-corrected chi connectivity index (χ0v) is 10.2. The second-order valence-electron chi connectivity index (χ2n) is 4.41. The van der Waals surface area contributed by atoms with Gasteiger partial charge in [-0.05, 0) is 0 Å². The summed E-state index contributed by atoms with van der Waals surface area (Å²) >= 11 is 6.10. The van der Waals surface area contributed by atoms with Crippen LogP contribution in [0.4, 0.5) is 5.82 Å². The predicted octanol–water partition coefficient (Wildman–Crippen LogP) is 2.71. The number of aromatic nitrogens is 2. The maximum atomic E-state index is 11.2. The molecule has 0 spiro atoms. The number of carbonyl (C=O) groups is 1. The zero-order valence-electron chi connectivity index (χ0n) is 9.44. The van der Waals surface area contributed by atoms with E-state index in [-0.39, 0.29) is 11.3 Å². The third-order valence-electron chi connectivity index (χ3n) is 2.04. The van der Waals surface area contributed by atoms with Gasteiger partial charge in [-0.1, -0.05) is 39.3 Å². The summed E-state index contributed by atoms with van der Waals surface area (Å²) in [7, 11) is 0. The highest BCUT2D eigenvalue weighted by molar-refractivity contribution is 6.34. The monoisotopic (exact) mass is 229 g/mol. The molecule has 0 atom stereocenters. The number of halogens is 1. The van der Waals surface area contributed by atoms with Crippen molar-refractivity contribution in [1.82, 2.24) is 10.2 Å². The van der Waals surface area contributed by atoms with E-state index in [1.807, 2.05) is 20.8 Å². The molecule has 84 valence electrons. The number of aromatic amines is 1. The maximum Gasteiger partial charge on any atom is 0.225 e. The lowest BCUT2D eigenvalue weighted by molar-refractivity contribution is -0.115. The Labute approximate surface area is 94.4 Å². The van der Waals surface area contributed by atoms with Crippen LogP contribution < -0.4 is 5.32 Å². The summed E-state index contributed by atoms with van der Waals surface area (Å²) < 4.78 is 0. The minimum absolute atomic E-state index is 0.0936. The Morgan fingerprint density at radius 3 is 2.53 bits per heavy atom. The SMILES string of the molecule is CCC(=O)Nc1n[nH]c(C(C)(C)C)c1Cl. The van der Waals surface area contributed by atoms with Gasteiger partial charge in [0.1, 0.15) is 5.02 Å². The van der Waals surface area contributed by atoms with Crippen molar-refractivity contribution < 1.29 is 4.79 Å². The van der Waals surface area contributed by atoms with Crippen LogP contribution in [0.15, 0.2) is 0 Å². The van der Waals surface area contributed by atoms with Gasteiger partial charge in [0.2, 0.25) is 5.91 Å². The number of hydrogen-bond acceptors (Lipinski definition) is 2. The first-order chi connectivity index (χ1) is 6.86. The fourth-order valence-electron chi connectivity index (χ4n) is 1.13. The summed E-state index contributed by atoms with van der Waals surface area (Å²) in [5.41, 5.74) is 0.717. The first-order valence-electron chi connectivity index (χ1n) is 4.90. The topological polar surface area (TPSA) is 57.8 Å². The molecule has 0 saturated heterocycles. The number of nitrogens with zero attached hydrogens (tertiary/aromatic N) is 1. The van der Waals surface area contributed by atoms with E-state index < -0.39 is 0 Å². The van der Waals surface area contributed by atoms with Crippen LogP contribution >= 0.6 is 11.6 Å². The Morgan fingerprint density at radius 1 is 1.53 bits per heavy atom. The van der Waals surface area contributed by atoms with Crippen LogP contribution in [-0.2, 0) is 10.2 Å². The van der Waals surface area contributed by atoms with E-state index in [1.54, 1.807) is 6.92 Å². The van der Waals surface area contributed by atoms with Crippen LogP contribution in [0.2, 0.25) is 5.02 Å². The van der Waals surface area contributed by atoms with Gasteiger partial charge in [-0.15, -0.1) is 0 Å². The van der Waals surface area contributed by atoms with Gasteiger partial charge < -0.3 is 5.32 Å². The number of amides is 1. The Bertz CT molecular complexity index is 365. The Balaban J connectivity index is 2.95. The molecular formula is C10H16ClN3O. The van der Waals surface area contributed by atoms with Gasteiger partial charge >= 0.3 is 0 Å². The van der Waals surface area contributed by atoms with E-state index in [2.05, 4.69) is 15.5 Å². The third kappa shape index (κ3) is 2.72. The van der Waals surface area contributed by atoms with Crippen molar-refractivity contribution in [3.8, 4) is 0 Å². The van der Waals surface area contributed by atoms with Gasteiger partial charge in [0.15, 0.2) is 5.82 Å². The number of rotatable bonds is 2. The van der Waals surface area contributed by atoms with Gasteiger partial charge in [-0.3, -0.25) is 9.89 Å². The van der Waals surface area contributed by atoms with Gasteiger partial charge in [0.25, 0.3) is 0 Å². The highest BCUT2D eigenvalue weighted by Crippen LogP contribution is 2.32. The van der Waals surface area contributed by atoms with Crippen LogP contribution in [0.3, 0.4) is 0 Å². The summed E-state index contributed by atoms with van der Waals surface area (Å²) in [5.74, 6) is 0.317. The number of carbonyl (C=O) groups excluding carboxylic acids is 1. The molecule has 0 aromatic carbocycles. The van der Waals surface area contributed by atoms with E-state index in [0.29, 0.717) is 17.3 Å². The molecule has 5 heteroatoms. The minimum atomic E-state index is -0.112. The van der Waals surface area contributed by atoms with Gasteiger partial charge in [0.05, 0.1) is 5.69 Å². The molecule has 1 amide bonds. The number of nitrogens with one attached hydrogen (secondary N) is 2. The summed E-state index contributed by atoms with van der Waals surface area (Å²) in [6.45, 7) is 7.86. The van der Waals surface area contributed by atoms with Crippen molar-refractivity contribution in [2.24, 2.45) is 0 Å². The number of H-pyrrole nitrogens is 1. The predicted molar refractivity (Wildman–Crippen MR) is 61.2 cm³/mol. The number of hydrogen-bond donors (Lipinski definition) is 2. The second-order valence-corrected chi connectivity index (χ2v) is 4.79. The summed E-state index contributed by atoms with van der Waals surface area (Å²) in [5, 5.41) is 9.96. The fraction of sp³-hybridized carbons (Fsp3) is 0.600. The molecule has 0 aliphatic rings. The molecule has 15 heavy (non-hydrogen) atoms. The normalized spacial score (nSPS) is 11.5. The second kappa shape index (κ2) is 4.23. The first kappa shape index (κ1) is 12.0. The van der Waals surface area contributed by atoms with Crippen LogP contribution in [0.5, 0.6) is 0 Å². The molecule has 1 heterocycles. The van der Waals surface area contributed by atoms with E-state index >= 15 is 0 Å². The van der Waals surface area contributed by atoms with Crippen molar-refractivity contribution in [2.45, 2.75) is 39.5 Å². The zero-order chi connectivity index (χ0) is 11.6. The third-order valence-corrected chi connectivity index (χ3v) is 2.40. The molecule has 1 aromatic heterocycles. The molecule has 0 radical (unpaired) electrons. The van der Waals surface area contributed by atoms with Gasteiger partial charge in [-0.25, -0.2) is 0 Å². The van der Waals surface area contributed by atoms with E-state index in [9.17, 15) is 4.79 Å². The summed E-state index contributed by atoms with van der Waals surface area (Å²) in [6, 6.07) is 0. The summed E-state index contributed by atoms with van der Waals surface area (Å²) in [4.78, 5) is 11.2.